The fraction of sp³-hybridized carbons (Fsp3) is 0.250. The molecule has 0 spiro atoms. The zero-order chi connectivity index (χ0) is 20.3. The van der Waals surface area contributed by atoms with Crippen molar-refractivity contribution in [2.75, 3.05) is 0 Å². The number of pyridine rings is 1. The smallest absolute Gasteiger partial charge is 0.348 e. The fourth-order valence-corrected chi connectivity index (χ4v) is 2.87. The maximum Gasteiger partial charge on any atom is 0.433 e. The Morgan fingerprint density at radius 2 is 1.82 bits per heavy atom. The first kappa shape index (κ1) is 19.6. The van der Waals surface area contributed by atoms with Gasteiger partial charge in [0.2, 0.25) is 0 Å². The molecule has 1 aromatic carbocycles. The number of carbonyl (C=O) groups excluding carboxylic acids is 1. The van der Waals surface area contributed by atoms with Crippen LogP contribution in [0.1, 0.15) is 38.6 Å². The second-order valence-corrected chi connectivity index (χ2v) is 6.41. The van der Waals surface area contributed by atoms with E-state index in [9.17, 15) is 18.0 Å². The van der Waals surface area contributed by atoms with Crippen LogP contribution in [0.5, 0.6) is 0 Å². The van der Waals surface area contributed by atoms with Crippen molar-refractivity contribution in [2.45, 2.75) is 33.1 Å². The maximum absolute atomic E-state index is 12.6. The second-order valence-electron chi connectivity index (χ2n) is 6.41. The van der Waals surface area contributed by atoms with Crippen molar-refractivity contribution >= 4 is 5.91 Å². The average molecular weight is 388 g/mol. The number of aromatic nitrogens is 3. The van der Waals surface area contributed by atoms with Gasteiger partial charge in [0.15, 0.2) is 0 Å². The summed E-state index contributed by atoms with van der Waals surface area (Å²) in [4.78, 5) is 15.5. The van der Waals surface area contributed by atoms with Crippen molar-refractivity contribution in [1.82, 2.24) is 20.1 Å². The van der Waals surface area contributed by atoms with Gasteiger partial charge in [-0.25, -0.2) is 0 Å². The Bertz CT molecular complexity index is 964. The lowest BCUT2D eigenvalue weighted by Gasteiger charge is -2.08. The van der Waals surface area contributed by atoms with Gasteiger partial charge in [-0.2, -0.15) is 18.3 Å². The summed E-state index contributed by atoms with van der Waals surface area (Å²) in [5.74, 6) is -0.490. The summed E-state index contributed by atoms with van der Waals surface area (Å²) in [5.41, 5.74) is 2.74. The van der Waals surface area contributed by atoms with E-state index < -0.39 is 17.8 Å². The number of alkyl halides is 3. The highest BCUT2D eigenvalue weighted by Crippen LogP contribution is 2.27. The molecule has 2 heterocycles. The number of nitrogens with zero attached hydrogens (tertiary/aromatic N) is 3. The van der Waals surface area contributed by atoms with Crippen LogP contribution in [0.4, 0.5) is 13.2 Å². The summed E-state index contributed by atoms with van der Waals surface area (Å²) in [6.45, 7) is 4.62. The molecule has 1 amide bonds. The van der Waals surface area contributed by atoms with Crippen molar-refractivity contribution in [1.29, 1.82) is 0 Å². The van der Waals surface area contributed by atoms with Crippen molar-refractivity contribution in [2.24, 2.45) is 0 Å². The Labute approximate surface area is 160 Å². The molecule has 146 valence electrons. The number of aryl methyl sites for hydroxylation is 1. The molecule has 0 atom stereocenters. The minimum atomic E-state index is -4.53. The molecule has 0 fully saturated rings. The number of nitrogens with one attached hydrogen (secondary N) is 1. The highest BCUT2D eigenvalue weighted by Gasteiger charge is 2.32. The van der Waals surface area contributed by atoms with Gasteiger partial charge in [-0.3, -0.25) is 14.5 Å². The number of benzene rings is 1. The van der Waals surface area contributed by atoms with Crippen molar-refractivity contribution in [3.05, 3.63) is 82.4 Å². The molecule has 3 rings (SSSR count). The lowest BCUT2D eigenvalue weighted by atomic mass is 10.1. The largest absolute Gasteiger partial charge is 0.433 e. The van der Waals surface area contributed by atoms with E-state index in [4.69, 9.17) is 0 Å². The first-order valence-electron chi connectivity index (χ1n) is 8.64. The van der Waals surface area contributed by atoms with E-state index >= 15 is 0 Å². The number of hydrogen-bond acceptors (Lipinski definition) is 3. The minimum Gasteiger partial charge on any atom is -0.348 e. The highest BCUT2D eigenvalue weighted by atomic mass is 19.4. The lowest BCUT2D eigenvalue weighted by molar-refractivity contribution is -0.141. The molecule has 2 aromatic heterocycles. The van der Waals surface area contributed by atoms with E-state index in [1.54, 1.807) is 0 Å². The third-order valence-electron chi connectivity index (χ3n) is 4.45. The standard InChI is InChI=1S/C20H19F3N4O/c1-13-17(14(2)27(26-13)12-15-6-4-3-5-7-15)11-25-19(28)16-8-9-18(24-10-16)20(21,22)23/h3-10H,11-12H2,1-2H3,(H,25,28). The van der Waals surface area contributed by atoms with Gasteiger partial charge in [0.25, 0.3) is 5.91 Å². The van der Waals surface area contributed by atoms with E-state index in [2.05, 4.69) is 15.4 Å². The molecule has 0 bridgehead atoms. The number of rotatable bonds is 5. The minimum absolute atomic E-state index is 0.0694. The van der Waals surface area contributed by atoms with Crippen LogP contribution in [-0.4, -0.2) is 20.7 Å². The molecule has 0 saturated heterocycles. The molecule has 1 N–H and O–H groups in total. The number of hydrogen-bond donors (Lipinski definition) is 1. The predicted molar refractivity (Wildman–Crippen MR) is 97.7 cm³/mol. The summed E-state index contributed by atoms with van der Waals surface area (Å²) in [6.07, 6.45) is -3.60. The van der Waals surface area contributed by atoms with E-state index in [1.807, 2.05) is 48.9 Å². The van der Waals surface area contributed by atoms with Crippen molar-refractivity contribution < 1.29 is 18.0 Å². The quantitative estimate of drug-likeness (QED) is 0.721. The topological polar surface area (TPSA) is 59.8 Å². The molecule has 0 unspecified atom stereocenters. The van der Waals surface area contributed by atoms with Crippen LogP contribution in [-0.2, 0) is 19.3 Å². The van der Waals surface area contributed by atoms with Crippen LogP contribution in [0.2, 0.25) is 0 Å². The summed E-state index contributed by atoms with van der Waals surface area (Å²) in [6, 6.07) is 11.8. The molecule has 28 heavy (non-hydrogen) atoms. The predicted octanol–water partition coefficient (Wildman–Crippen LogP) is 3.89. The maximum atomic E-state index is 12.6. The molecule has 0 aliphatic rings. The van der Waals surface area contributed by atoms with Crippen molar-refractivity contribution in [3.63, 3.8) is 0 Å². The van der Waals surface area contributed by atoms with Crippen LogP contribution >= 0.6 is 0 Å². The summed E-state index contributed by atoms with van der Waals surface area (Å²) in [5, 5.41) is 7.24. The van der Waals surface area contributed by atoms with Crippen LogP contribution < -0.4 is 5.32 Å². The third-order valence-corrected chi connectivity index (χ3v) is 4.45. The molecule has 3 aromatic rings. The SMILES string of the molecule is Cc1nn(Cc2ccccc2)c(C)c1CNC(=O)c1ccc(C(F)(F)F)nc1. The summed E-state index contributed by atoms with van der Waals surface area (Å²) < 4.78 is 39.6. The van der Waals surface area contributed by atoms with Gasteiger partial charge in [0, 0.05) is 24.0 Å². The second kappa shape index (κ2) is 7.84. The number of carbonyl (C=O) groups is 1. The average Bonchev–Trinajstić information content (AvgIpc) is 2.93. The summed E-state index contributed by atoms with van der Waals surface area (Å²) in [7, 11) is 0. The molecule has 0 aliphatic carbocycles. The van der Waals surface area contributed by atoms with Gasteiger partial charge < -0.3 is 5.32 Å². The van der Waals surface area contributed by atoms with E-state index in [0.717, 1.165) is 40.8 Å². The van der Waals surface area contributed by atoms with Crippen LogP contribution in [0, 0.1) is 13.8 Å². The molecule has 0 saturated carbocycles. The molecule has 5 nitrogen and oxygen atoms in total. The van der Waals surface area contributed by atoms with Crippen LogP contribution in [0.3, 0.4) is 0 Å². The Kier molecular flexibility index (Phi) is 5.48. The van der Waals surface area contributed by atoms with E-state index in [1.165, 1.54) is 0 Å². The van der Waals surface area contributed by atoms with Gasteiger partial charge in [-0.1, -0.05) is 30.3 Å². The molecule has 0 aliphatic heterocycles. The Balaban J connectivity index is 1.68. The normalized spacial score (nSPS) is 11.5. The van der Waals surface area contributed by atoms with Gasteiger partial charge in [-0.15, -0.1) is 0 Å². The van der Waals surface area contributed by atoms with E-state index in [-0.39, 0.29) is 12.1 Å². The monoisotopic (exact) mass is 388 g/mol. The molecule has 8 heteroatoms. The Morgan fingerprint density at radius 1 is 1.11 bits per heavy atom. The molecule has 0 radical (unpaired) electrons. The van der Waals surface area contributed by atoms with Gasteiger partial charge >= 0.3 is 6.18 Å². The number of amides is 1. The fourth-order valence-electron chi connectivity index (χ4n) is 2.87. The first-order valence-corrected chi connectivity index (χ1v) is 8.64. The van der Waals surface area contributed by atoms with Crippen molar-refractivity contribution in [3.8, 4) is 0 Å². The molecular formula is C20H19F3N4O. The lowest BCUT2D eigenvalue weighted by Crippen LogP contribution is -2.24. The third kappa shape index (κ3) is 4.39. The highest BCUT2D eigenvalue weighted by molar-refractivity contribution is 5.93. The zero-order valence-electron chi connectivity index (χ0n) is 15.4. The number of halogens is 3. The van der Waals surface area contributed by atoms with Gasteiger partial charge in [-0.05, 0) is 31.5 Å². The molecular weight excluding hydrogens is 369 g/mol. The zero-order valence-corrected chi connectivity index (χ0v) is 15.4. The Hall–Kier alpha value is -3.16. The van der Waals surface area contributed by atoms with Crippen LogP contribution in [0.15, 0.2) is 48.7 Å². The Morgan fingerprint density at radius 3 is 2.43 bits per heavy atom. The van der Waals surface area contributed by atoms with Gasteiger partial charge in [0.05, 0.1) is 17.8 Å². The first-order chi connectivity index (χ1) is 13.3. The van der Waals surface area contributed by atoms with Crippen LogP contribution in [0.25, 0.3) is 0 Å². The van der Waals surface area contributed by atoms with E-state index in [0.29, 0.717) is 6.54 Å². The summed E-state index contributed by atoms with van der Waals surface area (Å²) >= 11 is 0. The van der Waals surface area contributed by atoms with Gasteiger partial charge in [0.1, 0.15) is 5.69 Å².